The van der Waals surface area contributed by atoms with Crippen molar-refractivity contribution in [2.75, 3.05) is 50.7 Å². The Labute approximate surface area is 233 Å². The standard InChI is InChI=1S/C29H40F2N6O3/c1-33-26-21(8-5-9-22(26)37(28(33)40)23-10-11-25(38)32-27(23)39)35-14-16-36(17-15-35)24-12-13-34(19-29(24,30)31)18-20-6-3-2-4-7-20/h5,8-9,20,23-24H,2-4,6-7,10-19H2,1H3,(H,32,38,39). The third-order valence-electron chi connectivity index (χ3n) is 9.58. The normalized spacial score (nSPS) is 27.3. The lowest BCUT2D eigenvalue weighted by Gasteiger charge is -2.47. The van der Waals surface area contributed by atoms with Crippen LogP contribution in [0.5, 0.6) is 0 Å². The van der Waals surface area contributed by atoms with E-state index >= 15 is 8.78 Å². The summed E-state index contributed by atoms with van der Waals surface area (Å²) in [7, 11) is 1.69. The van der Waals surface area contributed by atoms with Gasteiger partial charge < -0.3 is 4.90 Å². The molecule has 6 rings (SSSR count). The summed E-state index contributed by atoms with van der Waals surface area (Å²) < 4.78 is 33.9. The summed E-state index contributed by atoms with van der Waals surface area (Å²) in [5.74, 6) is -2.96. The number of piperazine rings is 1. The molecule has 2 atom stereocenters. The molecule has 2 amide bonds. The number of aromatic nitrogens is 2. The number of amides is 2. The zero-order chi connectivity index (χ0) is 28.0. The number of para-hydroxylation sites is 1. The van der Waals surface area contributed by atoms with Crippen LogP contribution in [-0.2, 0) is 16.6 Å². The molecule has 4 aliphatic rings. The van der Waals surface area contributed by atoms with Gasteiger partial charge in [-0.05, 0) is 43.7 Å². The average Bonchev–Trinajstić information content (AvgIpc) is 3.19. The Bertz CT molecular complexity index is 1330. The first-order chi connectivity index (χ1) is 19.2. The predicted octanol–water partition coefficient (Wildman–Crippen LogP) is 2.73. The van der Waals surface area contributed by atoms with E-state index < -0.39 is 23.9 Å². The number of benzene rings is 1. The Hall–Kier alpha value is -2.79. The first kappa shape index (κ1) is 27.4. The van der Waals surface area contributed by atoms with Crippen LogP contribution >= 0.6 is 0 Å². The van der Waals surface area contributed by atoms with Gasteiger partial charge >= 0.3 is 5.69 Å². The van der Waals surface area contributed by atoms with Gasteiger partial charge in [0.25, 0.3) is 5.92 Å². The fourth-order valence-corrected chi connectivity index (χ4v) is 7.52. The van der Waals surface area contributed by atoms with Crippen molar-refractivity contribution >= 4 is 28.5 Å². The number of anilines is 1. The van der Waals surface area contributed by atoms with Crippen LogP contribution in [0, 0.1) is 5.92 Å². The van der Waals surface area contributed by atoms with E-state index in [-0.39, 0.29) is 31.0 Å². The van der Waals surface area contributed by atoms with Crippen LogP contribution in [0.2, 0.25) is 0 Å². The highest BCUT2D eigenvalue weighted by molar-refractivity contribution is 6.00. The molecular weight excluding hydrogens is 518 g/mol. The summed E-state index contributed by atoms with van der Waals surface area (Å²) in [5.41, 5.74) is 1.90. The van der Waals surface area contributed by atoms with Crippen LogP contribution in [0.15, 0.2) is 23.0 Å². The number of nitrogens with one attached hydrogen (secondary N) is 1. The zero-order valence-corrected chi connectivity index (χ0v) is 23.3. The minimum absolute atomic E-state index is 0.149. The lowest BCUT2D eigenvalue weighted by molar-refractivity contribution is -0.135. The summed E-state index contributed by atoms with van der Waals surface area (Å²) in [6.07, 6.45) is 7.02. The SMILES string of the molecule is Cn1c(=O)n(C2CCC(=O)NC2=O)c2cccc(N3CCN(C4CCN(CC5CCCCC5)CC4(F)F)CC3)c21. The number of aryl methyl sites for hydroxylation is 1. The van der Waals surface area contributed by atoms with Gasteiger partial charge in [-0.15, -0.1) is 0 Å². The molecule has 218 valence electrons. The fraction of sp³-hybridized carbons (Fsp3) is 0.690. The second kappa shape index (κ2) is 10.9. The van der Waals surface area contributed by atoms with Gasteiger partial charge in [0, 0.05) is 52.7 Å². The predicted molar refractivity (Wildman–Crippen MR) is 149 cm³/mol. The van der Waals surface area contributed by atoms with Gasteiger partial charge in [-0.25, -0.2) is 13.6 Å². The van der Waals surface area contributed by atoms with Gasteiger partial charge in [-0.1, -0.05) is 25.3 Å². The molecule has 1 saturated carbocycles. The maximum absolute atomic E-state index is 15.4. The highest BCUT2D eigenvalue weighted by atomic mass is 19.3. The molecule has 11 heteroatoms. The maximum atomic E-state index is 15.4. The maximum Gasteiger partial charge on any atom is 0.329 e. The number of carbonyl (C=O) groups is 2. The van der Waals surface area contributed by atoms with Crippen LogP contribution in [0.1, 0.15) is 57.4 Å². The van der Waals surface area contributed by atoms with Gasteiger partial charge in [0.1, 0.15) is 6.04 Å². The average molecular weight is 559 g/mol. The number of imidazole rings is 1. The van der Waals surface area contributed by atoms with Crippen molar-refractivity contribution in [1.29, 1.82) is 0 Å². The summed E-state index contributed by atoms with van der Waals surface area (Å²) in [6, 6.07) is 4.15. The first-order valence-electron chi connectivity index (χ1n) is 14.9. The van der Waals surface area contributed by atoms with E-state index in [0.717, 1.165) is 18.8 Å². The van der Waals surface area contributed by atoms with Crippen LogP contribution in [0.4, 0.5) is 14.5 Å². The minimum Gasteiger partial charge on any atom is -0.367 e. The van der Waals surface area contributed by atoms with Gasteiger partial charge in [-0.3, -0.25) is 33.8 Å². The Morgan fingerprint density at radius 2 is 1.70 bits per heavy atom. The van der Waals surface area contributed by atoms with Crippen molar-refractivity contribution < 1.29 is 18.4 Å². The molecule has 1 N–H and O–H groups in total. The topological polar surface area (TPSA) is 82.8 Å². The van der Waals surface area contributed by atoms with E-state index in [1.54, 1.807) is 11.6 Å². The molecule has 2 aromatic rings. The number of alkyl halides is 2. The number of carbonyl (C=O) groups excluding carboxylic acids is 2. The lowest BCUT2D eigenvalue weighted by Crippen LogP contribution is -2.62. The molecule has 1 aliphatic carbocycles. The molecule has 0 radical (unpaired) electrons. The molecule has 2 unspecified atom stereocenters. The van der Waals surface area contributed by atoms with Crippen molar-refractivity contribution in [2.24, 2.45) is 13.0 Å². The molecule has 3 saturated heterocycles. The number of likely N-dealkylation sites (tertiary alicyclic amines) is 1. The molecular formula is C29H40F2N6O3. The highest BCUT2D eigenvalue weighted by Crippen LogP contribution is 2.35. The number of imide groups is 1. The number of piperidine rings is 2. The molecule has 0 bridgehead atoms. The van der Waals surface area contributed by atoms with Crippen LogP contribution in [0.3, 0.4) is 0 Å². The summed E-state index contributed by atoms with van der Waals surface area (Å²) in [6.45, 7) is 3.60. The second-order valence-electron chi connectivity index (χ2n) is 12.2. The fourth-order valence-electron chi connectivity index (χ4n) is 7.52. The van der Waals surface area contributed by atoms with Gasteiger partial charge in [0.2, 0.25) is 11.8 Å². The van der Waals surface area contributed by atoms with Gasteiger partial charge in [0.05, 0.1) is 29.3 Å². The third kappa shape index (κ3) is 5.06. The van der Waals surface area contributed by atoms with Crippen LogP contribution < -0.4 is 15.9 Å². The molecule has 0 spiro atoms. The van der Waals surface area contributed by atoms with E-state index in [9.17, 15) is 14.4 Å². The summed E-state index contributed by atoms with van der Waals surface area (Å²) >= 11 is 0. The highest BCUT2D eigenvalue weighted by Gasteiger charge is 2.48. The molecule has 1 aromatic heterocycles. The third-order valence-corrected chi connectivity index (χ3v) is 9.58. The molecule has 3 aliphatic heterocycles. The quantitative estimate of drug-likeness (QED) is 0.569. The van der Waals surface area contributed by atoms with Crippen molar-refractivity contribution in [2.45, 2.75) is 69.4 Å². The zero-order valence-electron chi connectivity index (χ0n) is 23.3. The van der Waals surface area contributed by atoms with Crippen LogP contribution in [-0.4, -0.2) is 88.5 Å². The van der Waals surface area contributed by atoms with E-state index in [2.05, 4.69) is 10.2 Å². The molecule has 9 nitrogen and oxygen atoms in total. The first-order valence-corrected chi connectivity index (χ1v) is 14.9. The van der Waals surface area contributed by atoms with E-state index in [1.807, 2.05) is 28.0 Å². The summed E-state index contributed by atoms with van der Waals surface area (Å²) in [5, 5.41) is 2.35. The van der Waals surface area contributed by atoms with E-state index in [1.165, 1.54) is 36.7 Å². The molecule has 4 heterocycles. The largest absolute Gasteiger partial charge is 0.367 e. The molecule has 40 heavy (non-hydrogen) atoms. The van der Waals surface area contributed by atoms with Crippen molar-refractivity contribution in [3.8, 4) is 0 Å². The number of rotatable bonds is 5. The Morgan fingerprint density at radius 1 is 0.950 bits per heavy atom. The lowest BCUT2D eigenvalue weighted by atomic mass is 9.88. The van der Waals surface area contributed by atoms with E-state index in [0.29, 0.717) is 49.6 Å². The van der Waals surface area contributed by atoms with E-state index in [4.69, 9.17) is 0 Å². The number of nitrogens with zero attached hydrogens (tertiary/aromatic N) is 5. The Kier molecular flexibility index (Phi) is 7.45. The summed E-state index contributed by atoms with van der Waals surface area (Å²) in [4.78, 5) is 43.6. The molecule has 4 fully saturated rings. The monoisotopic (exact) mass is 558 g/mol. The molecule has 1 aromatic carbocycles. The number of hydrogen-bond acceptors (Lipinski definition) is 6. The van der Waals surface area contributed by atoms with Crippen LogP contribution in [0.25, 0.3) is 11.0 Å². The van der Waals surface area contributed by atoms with Gasteiger partial charge in [-0.2, -0.15) is 0 Å². The Morgan fingerprint density at radius 3 is 2.40 bits per heavy atom. The van der Waals surface area contributed by atoms with Crippen molar-refractivity contribution in [1.82, 2.24) is 24.3 Å². The minimum atomic E-state index is -2.74. The second-order valence-corrected chi connectivity index (χ2v) is 12.2. The Balaban J connectivity index is 1.15. The van der Waals surface area contributed by atoms with Crippen molar-refractivity contribution in [3.05, 3.63) is 28.7 Å². The smallest absolute Gasteiger partial charge is 0.329 e. The number of fused-ring (bicyclic) bond motifs is 1. The van der Waals surface area contributed by atoms with Crippen molar-refractivity contribution in [3.63, 3.8) is 0 Å². The van der Waals surface area contributed by atoms with Gasteiger partial charge in [0.15, 0.2) is 0 Å². The number of hydrogen-bond donors (Lipinski definition) is 1. The number of halogens is 2.